The van der Waals surface area contributed by atoms with Crippen molar-refractivity contribution in [1.29, 1.82) is 5.26 Å². The molecule has 12 aromatic carbocycles. The Morgan fingerprint density at radius 2 is 0.694 bits per heavy atom. The van der Waals surface area contributed by atoms with Crippen molar-refractivity contribution in [3.8, 4) is 95.9 Å². The highest BCUT2D eigenvalue weighted by atomic mass is 15.0. The molecule has 0 aliphatic carbocycles. The van der Waals surface area contributed by atoms with E-state index in [1.807, 2.05) is 54.6 Å². The van der Waals surface area contributed by atoms with E-state index < -0.39 is 0 Å². The highest BCUT2D eigenvalue weighted by Crippen LogP contribution is 2.41. The largest absolute Gasteiger partial charge is 0.208 e. The minimum atomic E-state index is 0.547. The van der Waals surface area contributed by atoms with Crippen molar-refractivity contribution >= 4 is 43.1 Å². The molecule has 1 aromatic heterocycles. The molecule has 0 saturated heterocycles. The van der Waals surface area contributed by atoms with Gasteiger partial charge in [-0.3, -0.25) is 0 Å². The third-order valence-corrected chi connectivity index (χ3v) is 13.9. The Bertz CT molecular complexity index is 4250. The lowest BCUT2D eigenvalue weighted by molar-refractivity contribution is 1.07. The normalized spacial score (nSPS) is 11.3. The van der Waals surface area contributed by atoms with Crippen molar-refractivity contribution in [3.63, 3.8) is 0 Å². The lowest BCUT2D eigenvalue weighted by Gasteiger charge is -2.15. The molecule has 0 spiro atoms. The van der Waals surface area contributed by atoms with E-state index in [9.17, 15) is 5.26 Å². The smallest absolute Gasteiger partial charge is 0.164 e. The van der Waals surface area contributed by atoms with E-state index in [4.69, 9.17) is 15.0 Å². The van der Waals surface area contributed by atoms with Crippen LogP contribution in [0.5, 0.6) is 0 Å². The second kappa shape index (κ2) is 17.9. The molecule has 0 aliphatic rings. The third-order valence-electron chi connectivity index (χ3n) is 13.9. The topological polar surface area (TPSA) is 62.5 Å². The molecule has 0 bridgehead atoms. The minimum Gasteiger partial charge on any atom is -0.208 e. The quantitative estimate of drug-likeness (QED) is 0.143. The van der Waals surface area contributed by atoms with Crippen LogP contribution in [0, 0.1) is 11.3 Å². The highest BCUT2D eigenvalue weighted by molar-refractivity contribution is 6.25. The predicted octanol–water partition coefficient (Wildman–Crippen LogP) is 17.7. The number of hydrogen-bond donors (Lipinski definition) is 0. The first-order valence-corrected chi connectivity index (χ1v) is 24.2. The molecular weight excluding hydrogens is 873 g/mol. The summed E-state index contributed by atoms with van der Waals surface area (Å²) in [6, 6.07) is 91.8. The van der Waals surface area contributed by atoms with Crippen LogP contribution < -0.4 is 0 Å². The van der Waals surface area contributed by atoms with Gasteiger partial charge in [0.05, 0.1) is 11.6 Å². The van der Waals surface area contributed by atoms with Gasteiger partial charge in [-0.15, -0.1) is 0 Å². The Hall–Kier alpha value is -9.82. The fourth-order valence-electron chi connectivity index (χ4n) is 10.4. The number of fused-ring (bicyclic) bond motifs is 7. The monoisotopic (exact) mass is 914 g/mol. The van der Waals surface area contributed by atoms with Crippen LogP contribution in [-0.2, 0) is 0 Å². The molecule has 4 nitrogen and oxygen atoms in total. The third kappa shape index (κ3) is 7.72. The van der Waals surface area contributed by atoms with Gasteiger partial charge in [0.1, 0.15) is 0 Å². The van der Waals surface area contributed by atoms with E-state index >= 15 is 0 Å². The molecule has 72 heavy (non-hydrogen) atoms. The van der Waals surface area contributed by atoms with Gasteiger partial charge >= 0.3 is 0 Å². The zero-order valence-corrected chi connectivity index (χ0v) is 39.0. The van der Waals surface area contributed by atoms with Crippen LogP contribution in [0.3, 0.4) is 0 Å². The summed E-state index contributed by atoms with van der Waals surface area (Å²) in [5, 5.41) is 20.4. The molecule has 0 fully saturated rings. The van der Waals surface area contributed by atoms with Crippen LogP contribution in [0.25, 0.3) is 133 Å². The number of hydrogen-bond acceptors (Lipinski definition) is 4. The molecule has 0 N–H and O–H groups in total. The van der Waals surface area contributed by atoms with E-state index in [0.717, 1.165) is 61.2 Å². The molecule has 0 atom stereocenters. The van der Waals surface area contributed by atoms with Crippen molar-refractivity contribution in [2.24, 2.45) is 0 Å². The predicted molar refractivity (Wildman–Crippen MR) is 298 cm³/mol. The number of benzene rings is 12. The average molecular weight is 915 g/mol. The summed E-state index contributed by atoms with van der Waals surface area (Å²) in [5.41, 5.74) is 13.8. The van der Waals surface area contributed by atoms with Crippen molar-refractivity contribution in [2.45, 2.75) is 0 Å². The first-order chi connectivity index (χ1) is 35.6. The Morgan fingerprint density at radius 3 is 1.40 bits per heavy atom. The lowest BCUT2D eigenvalue weighted by atomic mass is 9.89. The second-order valence-electron chi connectivity index (χ2n) is 18.2. The number of nitriles is 1. The fraction of sp³-hybridized carbons (Fsp3) is 0. The first kappa shape index (κ1) is 42.3. The van der Waals surface area contributed by atoms with E-state index in [-0.39, 0.29) is 0 Å². The van der Waals surface area contributed by atoms with Gasteiger partial charge in [-0.2, -0.15) is 5.26 Å². The molecular formula is C68H42N4. The zero-order valence-electron chi connectivity index (χ0n) is 39.0. The highest BCUT2D eigenvalue weighted by Gasteiger charge is 2.18. The van der Waals surface area contributed by atoms with Crippen molar-refractivity contribution < 1.29 is 0 Å². The summed E-state index contributed by atoms with van der Waals surface area (Å²) >= 11 is 0. The van der Waals surface area contributed by atoms with Crippen molar-refractivity contribution in [1.82, 2.24) is 15.0 Å². The van der Waals surface area contributed by atoms with Crippen LogP contribution in [0.4, 0.5) is 0 Å². The molecule has 0 unspecified atom stereocenters. The van der Waals surface area contributed by atoms with Gasteiger partial charge in [-0.25, -0.2) is 15.0 Å². The number of aromatic nitrogens is 3. The summed E-state index contributed by atoms with van der Waals surface area (Å²) in [6.45, 7) is 0. The average Bonchev–Trinajstić information content (AvgIpc) is 3.47. The van der Waals surface area contributed by atoms with E-state index in [0.29, 0.717) is 23.0 Å². The maximum atomic E-state index is 10.5. The van der Waals surface area contributed by atoms with E-state index in [2.05, 4.69) is 206 Å². The summed E-state index contributed by atoms with van der Waals surface area (Å²) in [4.78, 5) is 15.4. The summed E-state index contributed by atoms with van der Waals surface area (Å²) in [6.07, 6.45) is 0. The molecule has 4 heteroatoms. The fourth-order valence-corrected chi connectivity index (χ4v) is 10.4. The van der Waals surface area contributed by atoms with Crippen LogP contribution in [-0.4, -0.2) is 15.0 Å². The van der Waals surface area contributed by atoms with Gasteiger partial charge in [0.25, 0.3) is 0 Å². The molecule has 13 aromatic rings. The Morgan fingerprint density at radius 1 is 0.236 bits per heavy atom. The molecule has 1 heterocycles. The Kier molecular flexibility index (Phi) is 10.5. The first-order valence-electron chi connectivity index (χ1n) is 24.2. The molecule has 334 valence electrons. The van der Waals surface area contributed by atoms with Gasteiger partial charge in [-0.05, 0) is 135 Å². The number of rotatable bonds is 8. The Labute approximate surface area is 417 Å². The summed E-state index contributed by atoms with van der Waals surface area (Å²) in [7, 11) is 0. The van der Waals surface area contributed by atoms with Crippen LogP contribution >= 0.6 is 0 Å². The number of nitrogens with zero attached hydrogens (tertiary/aromatic N) is 4. The van der Waals surface area contributed by atoms with Crippen LogP contribution in [0.1, 0.15) is 5.56 Å². The molecule has 13 rings (SSSR count). The van der Waals surface area contributed by atoms with E-state index in [1.54, 1.807) is 0 Å². The van der Waals surface area contributed by atoms with Gasteiger partial charge in [-0.1, -0.05) is 218 Å². The van der Waals surface area contributed by atoms with Crippen molar-refractivity contribution in [3.05, 3.63) is 260 Å². The molecule has 0 aliphatic heterocycles. The van der Waals surface area contributed by atoms with Gasteiger partial charge in [0.15, 0.2) is 17.5 Å². The second-order valence-corrected chi connectivity index (χ2v) is 18.2. The molecule has 0 saturated carbocycles. The summed E-state index contributed by atoms with van der Waals surface area (Å²) < 4.78 is 0. The minimum absolute atomic E-state index is 0.547. The maximum Gasteiger partial charge on any atom is 0.164 e. The maximum absolute atomic E-state index is 10.5. The molecule has 0 radical (unpaired) electrons. The molecule has 0 amide bonds. The van der Waals surface area contributed by atoms with Gasteiger partial charge in [0.2, 0.25) is 0 Å². The summed E-state index contributed by atoms with van der Waals surface area (Å²) in [5.74, 6) is 1.70. The van der Waals surface area contributed by atoms with Crippen LogP contribution in [0.2, 0.25) is 0 Å². The van der Waals surface area contributed by atoms with Gasteiger partial charge < -0.3 is 0 Å². The van der Waals surface area contributed by atoms with Gasteiger partial charge in [0, 0.05) is 16.7 Å². The van der Waals surface area contributed by atoms with Crippen molar-refractivity contribution in [2.75, 3.05) is 0 Å². The van der Waals surface area contributed by atoms with Crippen LogP contribution in [0.15, 0.2) is 255 Å². The Balaban J connectivity index is 0.869. The lowest BCUT2D eigenvalue weighted by Crippen LogP contribution is -2.01. The van der Waals surface area contributed by atoms with E-state index in [1.165, 1.54) is 54.2 Å². The SMILES string of the molecule is N#Cc1cc(-c2ccc(-c3ccccc3-c3ccc4c5ccccc5c5ccccc5c4c3)cc2)cc(-c2ccccc2-c2nc(-c3ccccc3)nc(-c3cccc(-c4ccc5ccccc5c4)c3)n2)c1. The zero-order chi connectivity index (χ0) is 48.0. The standard InChI is InChI=1S/C68H42N4/c69-43-44-37-54(46-29-32-47(33-30-46)56-21-6-7-22-57(56)52-35-36-63-61-26-10-9-24-59(61)60-25-11-12-27-62(60)65(63)42-52)41-55(38-44)58-23-8-13-28-64(58)68-71-66(48-16-2-1-3-17-48)70-67(72-68)53-20-14-19-50(40-53)51-34-31-45-15-4-5-18-49(45)39-51/h1-42H.